The third-order valence-electron chi connectivity index (χ3n) is 9.26. The lowest BCUT2D eigenvalue weighted by Gasteiger charge is -2.39. The van der Waals surface area contributed by atoms with Gasteiger partial charge in [-0.25, -0.2) is 0 Å². The molecule has 4 aliphatic rings. The summed E-state index contributed by atoms with van der Waals surface area (Å²) in [4.78, 5) is 58.7. The Morgan fingerprint density at radius 2 is 0.825 bits per heavy atom. The molecule has 0 fully saturated rings. The highest BCUT2D eigenvalue weighted by molar-refractivity contribution is 6.33. The normalized spacial score (nSPS) is 21.5. The molecule has 0 radical (unpaired) electrons. The highest BCUT2D eigenvalue weighted by Crippen LogP contribution is 2.45. The van der Waals surface area contributed by atoms with Crippen molar-refractivity contribution in [3.63, 3.8) is 0 Å². The number of amides is 4. The van der Waals surface area contributed by atoms with Crippen LogP contribution in [0.3, 0.4) is 0 Å². The van der Waals surface area contributed by atoms with Crippen molar-refractivity contribution < 1.29 is 19.2 Å². The van der Waals surface area contributed by atoms with E-state index in [4.69, 9.17) is 0 Å². The molecule has 0 saturated carbocycles. The minimum Gasteiger partial charge on any atom is -0.269 e. The number of carbonyl (C=O) groups excluding carboxylic acids is 4. The Morgan fingerprint density at radius 3 is 1.20 bits per heavy atom. The molecule has 0 saturated heterocycles. The predicted octanol–water partition coefficient (Wildman–Crippen LogP) is 6.19. The summed E-state index contributed by atoms with van der Waals surface area (Å²) in [6, 6.07) is 22.0. The van der Waals surface area contributed by atoms with Gasteiger partial charge in [-0.15, -0.1) is 0 Å². The van der Waals surface area contributed by atoms with Crippen LogP contribution in [0.2, 0.25) is 0 Å². The van der Waals surface area contributed by atoms with Crippen LogP contribution in [0.25, 0.3) is 10.8 Å². The van der Waals surface area contributed by atoms with E-state index in [2.05, 4.69) is 12.1 Å². The van der Waals surface area contributed by atoms with E-state index in [-0.39, 0.29) is 35.7 Å². The first-order valence-corrected chi connectivity index (χ1v) is 14.1. The van der Waals surface area contributed by atoms with Gasteiger partial charge in [-0.05, 0) is 85.0 Å². The van der Waals surface area contributed by atoms with Crippen LogP contribution >= 0.6 is 0 Å². The maximum absolute atomic E-state index is 14.0. The van der Waals surface area contributed by atoms with Crippen molar-refractivity contribution in [2.45, 2.75) is 50.6 Å². The predicted molar refractivity (Wildman–Crippen MR) is 149 cm³/mol. The zero-order valence-corrected chi connectivity index (χ0v) is 21.9. The van der Waals surface area contributed by atoms with Crippen molar-refractivity contribution in [3.8, 4) is 0 Å². The average Bonchev–Trinajstić information content (AvgIpc) is 2.99. The number of fused-ring (bicyclic) bond motifs is 2. The molecule has 0 N–H and O–H groups in total. The second-order valence-electron chi connectivity index (χ2n) is 11.2. The Balaban J connectivity index is 1.26. The van der Waals surface area contributed by atoms with Crippen LogP contribution < -0.4 is 0 Å². The topological polar surface area (TPSA) is 74.8 Å². The third kappa shape index (κ3) is 3.04. The van der Waals surface area contributed by atoms with Crippen LogP contribution in [-0.4, -0.2) is 33.4 Å². The third-order valence-corrected chi connectivity index (χ3v) is 9.26. The smallest absolute Gasteiger partial charge is 0.261 e. The minimum atomic E-state index is -0.369. The van der Waals surface area contributed by atoms with Crippen molar-refractivity contribution >= 4 is 34.4 Å². The fraction of sp³-hybridized carbons (Fsp3) is 0.235. The van der Waals surface area contributed by atoms with E-state index < -0.39 is 0 Å². The highest BCUT2D eigenvalue weighted by atomic mass is 16.2. The molecule has 4 amide bonds. The van der Waals surface area contributed by atoms with E-state index in [9.17, 15) is 19.2 Å². The van der Waals surface area contributed by atoms with Gasteiger partial charge in [-0.3, -0.25) is 29.0 Å². The Bertz CT molecular complexity index is 1620. The fourth-order valence-corrected chi connectivity index (χ4v) is 7.47. The number of benzene rings is 4. The molecular formula is C34H26N2O4. The van der Waals surface area contributed by atoms with E-state index in [0.29, 0.717) is 45.9 Å². The van der Waals surface area contributed by atoms with Crippen molar-refractivity contribution in [1.29, 1.82) is 0 Å². The van der Waals surface area contributed by atoms with Gasteiger partial charge in [0.05, 0.1) is 12.1 Å². The molecule has 0 bridgehead atoms. The van der Waals surface area contributed by atoms with Gasteiger partial charge < -0.3 is 0 Å². The monoisotopic (exact) mass is 526 g/mol. The molecule has 6 heteroatoms. The number of carbonyl (C=O) groups is 4. The quantitative estimate of drug-likeness (QED) is 0.292. The zero-order chi connectivity index (χ0) is 27.1. The van der Waals surface area contributed by atoms with Crippen molar-refractivity contribution in [2.24, 2.45) is 0 Å². The summed E-state index contributed by atoms with van der Waals surface area (Å²) in [5.41, 5.74) is 5.83. The van der Waals surface area contributed by atoms with Crippen LogP contribution in [0.5, 0.6) is 0 Å². The van der Waals surface area contributed by atoms with Crippen LogP contribution in [0, 0.1) is 0 Å². The lowest BCUT2D eigenvalue weighted by atomic mass is 9.81. The van der Waals surface area contributed by atoms with Crippen molar-refractivity contribution in [3.05, 3.63) is 117 Å². The molecule has 2 aliphatic carbocycles. The van der Waals surface area contributed by atoms with Gasteiger partial charge >= 0.3 is 0 Å². The molecule has 40 heavy (non-hydrogen) atoms. The van der Waals surface area contributed by atoms with Gasteiger partial charge in [0, 0.05) is 33.0 Å². The molecule has 4 aromatic rings. The lowest BCUT2D eigenvalue weighted by Crippen LogP contribution is -2.46. The van der Waals surface area contributed by atoms with Crippen LogP contribution in [0.4, 0.5) is 0 Å². The van der Waals surface area contributed by atoms with E-state index >= 15 is 0 Å². The number of hydrogen-bond donors (Lipinski definition) is 0. The van der Waals surface area contributed by atoms with Gasteiger partial charge in [-0.2, -0.15) is 0 Å². The van der Waals surface area contributed by atoms with Crippen LogP contribution in [-0.2, 0) is 12.8 Å². The first kappa shape index (κ1) is 23.3. The van der Waals surface area contributed by atoms with E-state index in [1.54, 1.807) is 24.3 Å². The zero-order valence-electron chi connectivity index (χ0n) is 21.9. The summed E-state index contributed by atoms with van der Waals surface area (Å²) in [7, 11) is 0. The Kier molecular flexibility index (Phi) is 4.93. The highest BCUT2D eigenvalue weighted by Gasteiger charge is 2.44. The van der Waals surface area contributed by atoms with Gasteiger partial charge in [0.15, 0.2) is 0 Å². The second kappa shape index (κ2) is 8.46. The molecule has 2 aliphatic heterocycles. The fourth-order valence-electron chi connectivity index (χ4n) is 7.47. The van der Waals surface area contributed by atoms with Crippen LogP contribution in [0.1, 0.15) is 101 Å². The largest absolute Gasteiger partial charge is 0.269 e. The number of imide groups is 2. The first-order valence-electron chi connectivity index (χ1n) is 14.1. The SMILES string of the molecule is O=C1c2ccc3c4c(ccc(c24)C(=O)N1C1CCCc2ccccc21)C(=O)N(C1CCCc2ccccc21)C3=O. The van der Waals surface area contributed by atoms with Gasteiger partial charge in [0.1, 0.15) is 0 Å². The second-order valence-corrected chi connectivity index (χ2v) is 11.2. The minimum absolute atomic E-state index is 0.342. The average molecular weight is 527 g/mol. The molecule has 0 spiro atoms. The maximum Gasteiger partial charge on any atom is 0.261 e. The molecule has 4 aromatic carbocycles. The van der Waals surface area contributed by atoms with Gasteiger partial charge in [0.25, 0.3) is 23.6 Å². The van der Waals surface area contributed by atoms with E-state index in [0.717, 1.165) is 47.9 Å². The summed E-state index contributed by atoms with van der Waals surface area (Å²) >= 11 is 0. The number of nitrogens with zero attached hydrogens (tertiary/aromatic N) is 2. The Labute approximate surface area is 231 Å². The summed E-state index contributed by atoms with van der Waals surface area (Å²) in [5.74, 6) is -1.48. The molecule has 8 rings (SSSR count). The first-order chi connectivity index (χ1) is 19.5. The molecule has 2 atom stereocenters. The Morgan fingerprint density at radius 1 is 0.475 bits per heavy atom. The lowest BCUT2D eigenvalue weighted by molar-refractivity contribution is 0.0499. The van der Waals surface area contributed by atoms with Crippen molar-refractivity contribution in [1.82, 2.24) is 9.80 Å². The summed E-state index contributed by atoms with van der Waals surface area (Å²) in [6.45, 7) is 0. The Hall–Kier alpha value is -4.58. The molecule has 2 unspecified atom stereocenters. The summed E-state index contributed by atoms with van der Waals surface area (Å²) < 4.78 is 0. The molecular weight excluding hydrogens is 500 g/mol. The standard InChI is InChI=1S/C34H26N2O4/c37-31-23-15-17-25-30-26(34(40)36(33(25)39)28-14-6-10-20-8-2-4-12-22(20)28)18-16-24(29(23)30)32(38)35(31)27-13-5-9-19-7-1-3-11-21(19)27/h1-4,7-8,11-12,15-18,27-28H,5-6,9-10,13-14H2. The van der Waals surface area contributed by atoms with Gasteiger partial charge in [-0.1, -0.05) is 48.5 Å². The molecule has 6 nitrogen and oxygen atoms in total. The van der Waals surface area contributed by atoms with E-state index in [1.807, 2.05) is 36.4 Å². The van der Waals surface area contributed by atoms with E-state index in [1.165, 1.54) is 9.80 Å². The number of aryl methyl sites for hydroxylation is 2. The van der Waals surface area contributed by atoms with Gasteiger partial charge in [0.2, 0.25) is 0 Å². The summed E-state index contributed by atoms with van der Waals surface area (Å²) in [6.07, 6.45) is 5.04. The molecule has 196 valence electrons. The van der Waals surface area contributed by atoms with Crippen LogP contribution in [0.15, 0.2) is 72.8 Å². The molecule has 0 aromatic heterocycles. The number of rotatable bonds is 2. The molecule has 2 heterocycles. The van der Waals surface area contributed by atoms with Crippen molar-refractivity contribution in [2.75, 3.05) is 0 Å². The summed E-state index contributed by atoms with van der Waals surface area (Å²) in [5, 5.41) is 0.853. The number of hydrogen-bond acceptors (Lipinski definition) is 4. The maximum atomic E-state index is 14.0.